The average Bonchev–Trinajstić information content (AvgIpc) is 3.37. The minimum atomic E-state index is -1.57. The van der Waals surface area contributed by atoms with Crippen LogP contribution in [0.4, 0.5) is 0 Å². The molecule has 0 aromatic carbocycles. The number of aliphatic hydroxyl groups is 5. The van der Waals surface area contributed by atoms with E-state index in [4.69, 9.17) is 9.47 Å². The smallest absolute Gasteiger partial charge is 0.220 e. The summed E-state index contributed by atoms with van der Waals surface area (Å²) < 4.78 is 11.3. The van der Waals surface area contributed by atoms with Gasteiger partial charge in [-0.2, -0.15) is 0 Å². The zero-order valence-electron chi connectivity index (χ0n) is 56.5. The zero-order valence-corrected chi connectivity index (χ0v) is 56.5. The molecule has 9 heteroatoms. The lowest BCUT2D eigenvalue weighted by atomic mass is 9.99. The van der Waals surface area contributed by atoms with Crippen molar-refractivity contribution in [2.75, 3.05) is 13.2 Å². The second kappa shape index (κ2) is 66.0. The summed E-state index contributed by atoms with van der Waals surface area (Å²) in [6.45, 7) is 3.70. The monoisotopic (exact) mass is 1220 g/mol. The molecule has 0 aromatic rings. The van der Waals surface area contributed by atoms with Crippen molar-refractivity contribution in [3.8, 4) is 0 Å². The van der Waals surface area contributed by atoms with Crippen molar-refractivity contribution in [3.05, 3.63) is 97.2 Å². The fourth-order valence-corrected chi connectivity index (χ4v) is 11.4. The van der Waals surface area contributed by atoms with Crippen LogP contribution in [0.5, 0.6) is 0 Å². The van der Waals surface area contributed by atoms with E-state index in [1.165, 1.54) is 231 Å². The zero-order chi connectivity index (χ0) is 62.8. The number of allylic oxidation sites excluding steroid dienone is 15. The molecule has 0 aromatic heterocycles. The molecule has 87 heavy (non-hydrogen) atoms. The highest BCUT2D eigenvalue weighted by Crippen LogP contribution is 2.23. The number of carbonyl (C=O) groups is 1. The van der Waals surface area contributed by atoms with Gasteiger partial charge < -0.3 is 40.3 Å². The predicted octanol–water partition coefficient (Wildman–Crippen LogP) is 20.6. The van der Waals surface area contributed by atoms with Gasteiger partial charge in [-0.1, -0.05) is 349 Å². The molecule has 0 aliphatic carbocycles. The third-order valence-electron chi connectivity index (χ3n) is 17.2. The van der Waals surface area contributed by atoms with Crippen LogP contribution in [0, 0.1) is 0 Å². The Hall–Kier alpha value is -2.89. The fourth-order valence-electron chi connectivity index (χ4n) is 11.4. The average molecular weight is 1220 g/mol. The van der Waals surface area contributed by atoms with Gasteiger partial charge in [0.15, 0.2) is 6.29 Å². The minimum Gasteiger partial charge on any atom is -0.394 e. The maximum absolute atomic E-state index is 13.2. The third kappa shape index (κ3) is 54.6. The number of aliphatic hydroxyl groups excluding tert-OH is 5. The van der Waals surface area contributed by atoms with Crippen LogP contribution in [-0.2, 0) is 14.3 Å². The van der Waals surface area contributed by atoms with E-state index in [2.05, 4.69) is 104 Å². The number of unbranched alkanes of at least 4 members (excludes halogenated alkanes) is 40. The van der Waals surface area contributed by atoms with E-state index >= 15 is 0 Å². The van der Waals surface area contributed by atoms with Gasteiger partial charge in [-0.05, 0) is 77.0 Å². The van der Waals surface area contributed by atoms with Crippen molar-refractivity contribution < 1.29 is 39.8 Å². The molecule has 1 aliphatic heterocycles. The molecule has 1 heterocycles. The van der Waals surface area contributed by atoms with Crippen LogP contribution in [0.25, 0.3) is 0 Å². The van der Waals surface area contributed by atoms with Crippen LogP contribution in [0.1, 0.15) is 335 Å². The Balaban J connectivity index is 2.11. The summed E-state index contributed by atoms with van der Waals surface area (Å²) in [7, 11) is 0. The summed E-state index contributed by atoms with van der Waals surface area (Å²) in [6, 6.07) is -0.811. The van der Waals surface area contributed by atoms with Gasteiger partial charge in [0.05, 0.1) is 25.4 Å². The molecular weight excluding hydrogens is 1080 g/mol. The first-order chi connectivity index (χ1) is 42.8. The Morgan fingerprint density at radius 1 is 0.402 bits per heavy atom. The minimum absolute atomic E-state index is 0.175. The number of nitrogens with one attached hydrogen (secondary N) is 1. The molecule has 7 unspecified atom stereocenters. The van der Waals surface area contributed by atoms with E-state index in [0.29, 0.717) is 6.42 Å². The summed E-state index contributed by atoms with van der Waals surface area (Å²) in [6.07, 6.45) is 89.5. The molecule has 1 rings (SSSR count). The Bertz CT molecular complexity index is 1700. The van der Waals surface area contributed by atoms with Gasteiger partial charge in [0, 0.05) is 6.42 Å². The van der Waals surface area contributed by atoms with Crippen molar-refractivity contribution in [2.45, 2.75) is 378 Å². The molecule has 9 nitrogen and oxygen atoms in total. The number of hydrogen-bond donors (Lipinski definition) is 6. The maximum Gasteiger partial charge on any atom is 0.220 e. The largest absolute Gasteiger partial charge is 0.394 e. The normalized spacial score (nSPS) is 18.5. The molecule has 1 aliphatic rings. The highest BCUT2D eigenvalue weighted by atomic mass is 16.7. The molecule has 0 saturated carbocycles. The number of carbonyl (C=O) groups excluding carboxylic acids is 1. The fraction of sp³-hybridized carbons (Fsp3) is 0.782. The second-order valence-corrected chi connectivity index (χ2v) is 25.4. The van der Waals surface area contributed by atoms with Gasteiger partial charge in [0.1, 0.15) is 24.4 Å². The second-order valence-electron chi connectivity index (χ2n) is 25.4. The lowest BCUT2D eigenvalue weighted by Crippen LogP contribution is -2.60. The molecule has 504 valence electrons. The van der Waals surface area contributed by atoms with Crippen LogP contribution >= 0.6 is 0 Å². The van der Waals surface area contributed by atoms with Gasteiger partial charge >= 0.3 is 0 Å². The SMILES string of the molecule is CC/C=C\C/C=C\C/C=C\C/C=C\C/C=C\C/C=C\C/C=C\CCCCCCCCCCCCCCCCCC(=O)NC(COC1OC(CO)C(O)C(O)C1O)C(O)/C=C/CCCCCCCCCCCCCCCCCCCCCCCCCCC. The van der Waals surface area contributed by atoms with E-state index < -0.39 is 49.5 Å². The predicted molar refractivity (Wildman–Crippen MR) is 373 cm³/mol. The molecule has 6 N–H and O–H groups in total. The van der Waals surface area contributed by atoms with E-state index in [1.54, 1.807) is 6.08 Å². The molecular formula is C78H139NO8. The van der Waals surface area contributed by atoms with Gasteiger partial charge in [0.25, 0.3) is 0 Å². The molecule has 1 fully saturated rings. The molecule has 7 atom stereocenters. The molecule has 1 saturated heterocycles. The lowest BCUT2D eigenvalue weighted by molar-refractivity contribution is -0.302. The van der Waals surface area contributed by atoms with Gasteiger partial charge in [-0.3, -0.25) is 4.79 Å². The topological polar surface area (TPSA) is 149 Å². The van der Waals surface area contributed by atoms with Crippen LogP contribution in [0.2, 0.25) is 0 Å². The van der Waals surface area contributed by atoms with Gasteiger partial charge in [-0.25, -0.2) is 0 Å². The Kier molecular flexibility index (Phi) is 62.3. The summed E-state index contributed by atoms with van der Waals surface area (Å²) in [5.41, 5.74) is 0. The maximum atomic E-state index is 13.2. The molecule has 0 radical (unpaired) electrons. The van der Waals surface area contributed by atoms with E-state index in [9.17, 15) is 30.3 Å². The van der Waals surface area contributed by atoms with Crippen LogP contribution in [-0.4, -0.2) is 87.5 Å². The molecule has 0 bridgehead atoms. The first-order valence-electron chi connectivity index (χ1n) is 37.0. The van der Waals surface area contributed by atoms with Gasteiger partial charge in [0.2, 0.25) is 5.91 Å². The number of ether oxygens (including phenoxy) is 2. The summed E-state index contributed by atoms with van der Waals surface area (Å²) in [4.78, 5) is 13.2. The first-order valence-corrected chi connectivity index (χ1v) is 37.0. The van der Waals surface area contributed by atoms with Crippen molar-refractivity contribution >= 4 is 5.91 Å². The van der Waals surface area contributed by atoms with E-state index in [0.717, 1.165) is 83.5 Å². The van der Waals surface area contributed by atoms with Crippen molar-refractivity contribution in [1.29, 1.82) is 0 Å². The highest BCUT2D eigenvalue weighted by Gasteiger charge is 2.44. The summed E-state index contributed by atoms with van der Waals surface area (Å²) in [5, 5.41) is 54.8. The highest BCUT2D eigenvalue weighted by molar-refractivity contribution is 5.76. The number of amides is 1. The van der Waals surface area contributed by atoms with Crippen LogP contribution < -0.4 is 5.32 Å². The number of rotatable bonds is 64. The number of hydrogen-bond acceptors (Lipinski definition) is 8. The van der Waals surface area contributed by atoms with Crippen molar-refractivity contribution in [1.82, 2.24) is 5.32 Å². The van der Waals surface area contributed by atoms with Crippen molar-refractivity contribution in [3.63, 3.8) is 0 Å². The summed E-state index contributed by atoms with van der Waals surface area (Å²) in [5.74, 6) is -0.175. The van der Waals surface area contributed by atoms with Crippen molar-refractivity contribution in [2.24, 2.45) is 0 Å². The lowest BCUT2D eigenvalue weighted by Gasteiger charge is -2.40. The first kappa shape index (κ1) is 82.1. The van der Waals surface area contributed by atoms with E-state index in [1.807, 2.05) is 6.08 Å². The third-order valence-corrected chi connectivity index (χ3v) is 17.2. The Morgan fingerprint density at radius 3 is 1.06 bits per heavy atom. The standard InChI is InChI=1S/C78H139NO8/c1-3-5-7-9-11-13-15-17-19-21-23-25-27-29-31-32-33-34-35-36-37-38-39-40-42-44-46-48-50-52-54-56-58-60-62-64-66-68-74(82)79-71(70-86-78-77(85)76(84)75(83)73(69-80)87-78)72(81)67-65-63-61-59-57-55-53-51-49-47-45-43-41-30-28-26-24-22-20-18-16-14-12-10-8-6-4-2/h5,7,11,13,17,19,23,25,29,31,33-34,36-37,65,67,71-73,75-78,80-81,83-85H,3-4,6,8-10,12,14-16,18,20-22,24,26-28,30,32,35,38-64,66,68-70H2,1-2H3,(H,79,82)/b7-5-,13-11-,19-17-,25-23-,31-29-,34-33-,37-36-,67-65+. The molecule has 0 spiro atoms. The quantitative estimate of drug-likeness (QED) is 0.0261. The Morgan fingerprint density at radius 2 is 0.713 bits per heavy atom. The van der Waals surface area contributed by atoms with Crippen LogP contribution in [0.3, 0.4) is 0 Å². The molecule has 1 amide bonds. The van der Waals surface area contributed by atoms with Gasteiger partial charge in [-0.15, -0.1) is 0 Å². The van der Waals surface area contributed by atoms with Crippen LogP contribution in [0.15, 0.2) is 97.2 Å². The Labute approximate surface area is 536 Å². The van der Waals surface area contributed by atoms with E-state index in [-0.39, 0.29) is 12.5 Å². The summed E-state index contributed by atoms with van der Waals surface area (Å²) >= 11 is 0.